The van der Waals surface area contributed by atoms with Crippen molar-refractivity contribution in [1.29, 1.82) is 0 Å². The van der Waals surface area contributed by atoms with Gasteiger partial charge in [0.25, 0.3) is 5.91 Å². The molecule has 2 aromatic carbocycles. The predicted octanol–water partition coefficient (Wildman–Crippen LogP) is 5.53. The van der Waals surface area contributed by atoms with Crippen LogP contribution < -0.4 is 5.32 Å². The van der Waals surface area contributed by atoms with Crippen LogP contribution in [0.2, 0.25) is 0 Å². The molecule has 2 aliphatic rings. The van der Waals surface area contributed by atoms with Crippen LogP contribution in [0, 0.1) is 20.8 Å². The number of carbonyl (C=O) groups excluding carboxylic acids is 2. The molecule has 42 heavy (non-hydrogen) atoms. The van der Waals surface area contributed by atoms with Gasteiger partial charge < -0.3 is 25.0 Å². The fraction of sp³-hybridized carbons (Fsp3) is 0.486. The van der Waals surface area contributed by atoms with Gasteiger partial charge in [0.15, 0.2) is 0 Å². The van der Waals surface area contributed by atoms with E-state index in [4.69, 9.17) is 4.74 Å². The molecule has 2 amide bonds. The van der Waals surface area contributed by atoms with Crippen molar-refractivity contribution in [3.8, 4) is 0 Å². The largest absolute Gasteiger partial charge is 0.385 e. The molecule has 1 fully saturated rings. The fourth-order valence-electron chi connectivity index (χ4n) is 7.27. The number of fused-ring (bicyclic) bond motifs is 1. The predicted molar refractivity (Wildman–Crippen MR) is 167 cm³/mol. The van der Waals surface area contributed by atoms with Gasteiger partial charge >= 0.3 is 0 Å². The van der Waals surface area contributed by atoms with Crippen molar-refractivity contribution in [3.63, 3.8) is 0 Å². The molecule has 4 rings (SSSR count). The average Bonchev–Trinajstić information content (AvgIpc) is 3.23. The van der Waals surface area contributed by atoms with Gasteiger partial charge in [0, 0.05) is 43.6 Å². The maximum atomic E-state index is 13.5. The first-order chi connectivity index (χ1) is 19.6. The Balaban J connectivity index is 1.67. The Hall–Kier alpha value is -3.42. The molecule has 0 radical (unpaired) electrons. The van der Waals surface area contributed by atoms with Gasteiger partial charge in [0.1, 0.15) is 6.61 Å². The third-order valence-electron chi connectivity index (χ3n) is 9.32. The van der Waals surface area contributed by atoms with Crippen molar-refractivity contribution in [2.24, 2.45) is 0 Å². The molecule has 2 unspecified atom stereocenters. The Labute approximate surface area is 251 Å². The number of rotatable bonds is 9. The minimum Gasteiger partial charge on any atom is -0.385 e. The minimum atomic E-state index is -1.18. The molecule has 0 bridgehead atoms. The number of benzene rings is 2. The van der Waals surface area contributed by atoms with E-state index in [1.54, 1.807) is 0 Å². The molecule has 7 nitrogen and oxygen atoms in total. The second-order valence-electron chi connectivity index (χ2n) is 12.6. The van der Waals surface area contributed by atoms with Crippen molar-refractivity contribution in [2.45, 2.75) is 91.5 Å². The number of likely N-dealkylation sites (N-methyl/N-ethyl adjacent to an activating group) is 1. The van der Waals surface area contributed by atoms with Crippen LogP contribution in [0.4, 0.5) is 0 Å². The molecular weight excluding hydrogens is 526 g/mol. The van der Waals surface area contributed by atoms with E-state index in [1.165, 1.54) is 7.11 Å². The van der Waals surface area contributed by atoms with Gasteiger partial charge in [-0.1, -0.05) is 31.4 Å². The van der Waals surface area contributed by atoms with Gasteiger partial charge in [-0.05, 0) is 106 Å². The summed E-state index contributed by atoms with van der Waals surface area (Å²) in [6.45, 7) is 23.4. The standard InChI is InChI=1S/C35H47N3O4/c1-11-38(31(39)20-42-10)34(7,8)29-17-21(2)32(24(5)23(29)4)35(9,41)18-26-13-12-14-27-28(26)19-37(33(27)40)30-16-15-22(3)36-25(30)6/h12-14,17,30,36,41H,3,6,11,15-16,18-20H2,1-2,4-5,7-10H3. The van der Waals surface area contributed by atoms with Crippen LogP contribution in [0.3, 0.4) is 0 Å². The number of hydrogen-bond acceptors (Lipinski definition) is 5. The summed E-state index contributed by atoms with van der Waals surface area (Å²) in [4.78, 5) is 30.1. The molecule has 7 heteroatoms. The zero-order valence-corrected chi connectivity index (χ0v) is 26.6. The van der Waals surface area contributed by atoms with Crippen molar-refractivity contribution in [3.05, 3.63) is 93.3 Å². The number of ether oxygens (including phenoxy) is 1. The Morgan fingerprint density at radius 1 is 1.19 bits per heavy atom. The van der Waals surface area contributed by atoms with Crippen LogP contribution in [0.25, 0.3) is 0 Å². The van der Waals surface area contributed by atoms with E-state index in [0.717, 1.165) is 63.2 Å². The maximum absolute atomic E-state index is 13.5. The number of carbonyl (C=O) groups is 2. The summed E-state index contributed by atoms with van der Waals surface area (Å²) in [6.07, 6.45) is 1.96. The minimum absolute atomic E-state index is 0.00486. The monoisotopic (exact) mass is 573 g/mol. The quantitative estimate of drug-likeness (QED) is 0.413. The first kappa shape index (κ1) is 31.5. The van der Waals surface area contributed by atoms with Crippen molar-refractivity contribution in [1.82, 2.24) is 15.1 Å². The zero-order valence-electron chi connectivity index (χ0n) is 26.6. The molecule has 2 aromatic rings. The van der Waals surface area contributed by atoms with E-state index >= 15 is 0 Å². The van der Waals surface area contributed by atoms with Gasteiger partial charge in [0.2, 0.25) is 5.91 Å². The number of aryl methyl sites for hydroxylation is 1. The van der Waals surface area contributed by atoms with E-state index in [2.05, 4.69) is 52.2 Å². The molecule has 2 N–H and O–H groups in total. The third-order valence-corrected chi connectivity index (χ3v) is 9.32. The van der Waals surface area contributed by atoms with Crippen LogP contribution in [0.5, 0.6) is 0 Å². The van der Waals surface area contributed by atoms with Gasteiger partial charge in [-0.15, -0.1) is 0 Å². The highest BCUT2D eigenvalue weighted by molar-refractivity contribution is 5.99. The van der Waals surface area contributed by atoms with Crippen molar-refractivity contribution < 1.29 is 19.4 Å². The smallest absolute Gasteiger partial charge is 0.255 e. The number of nitrogens with one attached hydrogen (secondary N) is 1. The van der Waals surface area contributed by atoms with Gasteiger partial charge in [0.05, 0.1) is 17.2 Å². The second-order valence-corrected chi connectivity index (χ2v) is 12.6. The maximum Gasteiger partial charge on any atom is 0.255 e. The number of allylic oxidation sites excluding steroid dienone is 1. The summed E-state index contributed by atoms with van der Waals surface area (Å²) in [7, 11) is 1.53. The Kier molecular flexibility index (Phi) is 8.77. The van der Waals surface area contributed by atoms with Crippen LogP contribution in [-0.4, -0.2) is 53.0 Å². The normalized spacial score (nSPS) is 18.5. The van der Waals surface area contributed by atoms with E-state index in [-0.39, 0.29) is 24.5 Å². The average molecular weight is 574 g/mol. The lowest BCUT2D eigenvalue weighted by molar-refractivity contribution is -0.140. The van der Waals surface area contributed by atoms with Gasteiger partial charge in [-0.25, -0.2) is 0 Å². The molecule has 0 spiro atoms. The highest BCUT2D eigenvalue weighted by atomic mass is 16.5. The molecule has 226 valence electrons. The summed E-state index contributed by atoms with van der Waals surface area (Å²) >= 11 is 0. The van der Waals surface area contributed by atoms with Crippen LogP contribution in [-0.2, 0) is 33.6 Å². The van der Waals surface area contributed by atoms with E-state index in [0.29, 0.717) is 25.1 Å². The molecular formula is C35H47N3O4. The summed E-state index contributed by atoms with van der Waals surface area (Å²) in [6, 6.07) is 7.84. The number of aliphatic hydroxyl groups is 1. The number of nitrogens with zero attached hydrogens (tertiary/aromatic N) is 2. The van der Waals surface area contributed by atoms with Crippen LogP contribution >= 0.6 is 0 Å². The first-order valence-electron chi connectivity index (χ1n) is 14.8. The first-order valence-corrected chi connectivity index (χ1v) is 14.8. The number of methoxy groups -OCH3 is 1. The molecule has 2 aliphatic heterocycles. The van der Waals surface area contributed by atoms with Crippen LogP contribution in [0.15, 0.2) is 48.8 Å². The van der Waals surface area contributed by atoms with Crippen molar-refractivity contribution >= 4 is 11.8 Å². The molecule has 0 aromatic heterocycles. The fourth-order valence-corrected chi connectivity index (χ4v) is 7.27. The summed E-state index contributed by atoms with van der Waals surface area (Å²) in [5.41, 5.74) is 7.58. The summed E-state index contributed by atoms with van der Waals surface area (Å²) in [5, 5.41) is 15.3. The van der Waals surface area contributed by atoms with Crippen LogP contribution in [0.1, 0.15) is 89.8 Å². The third kappa shape index (κ3) is 5.52. The lowest BCUT2D eigenvalue weighted by atomic mass is 9.77. The molecule has 0 aliphatic carbocycles. The molecule has 2 heterocycles. The topological polar surface area (TPSA) is 82.1 Å². The van der Waals surface area contributed by atoms with E-state index in [1.807, 2.05) is 48.8 Å². The lowest BCUT2D eigenvalue weighted by Gasteiger charge is -2.41. The van der Waals surface area contributed by atoms with Crippen molar-refractivity contribution in [2.75, 3.05) is 20.3 Å². The number of amides is 2. The summed E-state index contributed by atoms with van der Waals surface area (Å²) < 4.78 is 5.15. The second kappa shape index (κ2) is 11.7. The molecule has 1 saturated heterocycles. The SMILES string of the molecule is C=C1CCC(N2Cc3c(CC(C)(O)c4c(C)cc(C(C)(C)N(CC)C(=O)COC)c(C)c4C)cccc3C2=O)C(=C)N1. The van der Waals surface area contributed by atoms with Gasteiger partial charge in [-0.3, -0.25) is 9.59 Å². The Bertz CT molecular complexity index is 1440. The lowest BCUT2D eigenvalue weighted by Crippen LogP contribution is -2.47. The zero-order chi connectivity index (χ0) is 31.1. The molecule has 0 saturated carbocycles. The number of hydrogen-bond donors (Lipinski definition) is 2. The highest BCUT2D eigenvalue weighted by Crippen LogP contribution is 2.40. The number of piperidine rings is 1. The summed E-state index contributed by atoms with van der Waals surface area (Å²) in [5.74, 6) is -0.0555. The van der Waals surface area contributed by atoms with E-state index in [9.17, 15) is 14.7 Å². The van der Waals surface area contributed by atoms with E-state index < -0.39 is 11.1 Å². The molecule has 2 atom stereocenters. The highest BCUT2D eigenvalue weighted by Gasteiger charge is 2.39. The van der Waals surface area contributed by atoms with Gasteiger partial charge in [-0.2, -0.15) is 0 Å². The Morgan fingerprint density at radius 2 is 1.88 bits per heavy atom. The Morgan fingerprint density at radius 3 is 2.50 bits per heavy atom.